The highest BCUT2D eigenvalue weighted by Gasteiger charge is 2.37. The zero-order chi connectivity index (χ0) is 24.2. The maximum atomic E-state index is 13.6. The van der Waals surface area contributed by atoms with Crippen molar-refractivity contribution in [1.82, 2.24) is 15.6 Å². The van der Waals surface area contributed by atoms with Gasteiger partial charge in [-0.2, -0.15) is 26.3 Å². The molecular formula is C22H16BrF6N3O. The molecular weight excluding hydrogens is 516 g/mol. The standard InChI is InChI=1S/C22H16BrF6N3O/c23-16-9-3-13(4-10-16)12-31-20(33)32-18(14-5-7-15(8-6-14)21(24,25)26)19-17(22(27,28)29)2-1-11-30-19/h1-11,18H,12H2,(H2,31,32,33)/t18-/m0/s1. The van der Waals surface area contributed by atoms with E-state index in [2.05, 4.69) is 31.5 Å². The van der Waals surface area contributed by atoms with Crippen molar-refractivity contribution >= 4 is 22.0 Å². The summed E-state index contributed by atoms with van der Waals surface area (Å²) >= 11 is 3.28. The van der Waals surface area contributed by atoms with E-state index in [4.69, 9.17) is 0 Å². The van der Waals surface area contributed by atoms with Gasteiger partial charge in [-0.1, -0.05) is 40.2 Å². The van der Waals surface area contributed by atoms with Crippen LogP contribution in [0.5, 0.6) is 0 Å². The first-order valence-corrected chi connectivity index (χ1v) is 10.2. The number of carbonyl (C=O) groups excluding carboxylic acids is 1. The van der Waals surface area contributed by atoms with Gasteiger partial charge in [-0.05, 0) is 47.5 Å². The quantitative estimate of drug-likeness (QED) is 0.370. The maximum Gasteiger partial charge on any atom is 0.418 e. The van der Waals surface area contributed by atoms with Crippen molar-refractivity contribution in [3.05, 3.63) is 99.3 Å². The van der Waals surface area contributed by atoms with E-state index in [1.807, 2.05) is 0 Å². The Balaban J connectivity index is 1.91. The molecule has 2 aromatic carbocycles. The molecule has 2 amide bonds. The minimum atomic E-state index is -4.79. The highest BCUT2D eigenvalue weighted by atomic mass is 79.9. The Morgan fingerprint density at radius 3 is 2.12 bits per heavy atom. The van der Waals surface area contributed by atoms with Crippen molar-refractivity contribution in [2.24, 2.45) is 0 Å². The number of aromatic nitrogens is 1. The van der Waals surface area contributed by atoms with Crippen LogP contribution in [0.25, 0.3) is 0 Å². The number of benzene rings is 2. The lowest BCUT2D eigenvalue weighted by molar-refractivity contribution is -0.139. The number of nitrogens with zero attached hydrogens (tertiary/aromatic N) is 1. The van der Waals surface area contributed by atoms with Gasteiger partial charge in [-0.3, -0.25) is 4.98 Å². The molecule has 3 rings (SSSR count). The van der Waals surface area contributed by atoms with Gasteiger partial charge in [-0.15, -0.1) is 0 Å². The van der Waals surface area contributed by atoms with Gasteiger partial charge in [0, 0.05) is 17.2 Å². The van der Waals surface area contributed by atoms with Crippen LogP contribution in [0.1, 0.15) is 34.0 Å². The van der Waals surface area contributed by atoms with Gasteiger partial charge >= 0.3 is 18.4 Å². The van der Waals surface area contributed by atoms with Crippen molar-refractivity contribution in [3.8, 4) is 0 Å². The molecule has 2 N–H and O–H groups in total. The molecule has 0 aliphatic rings. The molecule has 0 spiro atoms. The first kappa shape index (κ1) is 24.6. The molecule has 0 aliphatic carbocycles. The largest absolute Gasteiger partial charge is 0.418 e. The Labute approximate surface area is 193 Å². The fourth-order valence-corrected chi connectivity index (χ4v) is 3.29. The van der Waals surface area contributed by atoms with Crippen LogP contribution in [0.15, 0.2) is 71.3 Å². The van der Waals surface area contributed by atoms with Crippen LogP contribution >= 0.6 is 15.9 Å². The summed E-state index contributed by atoms with van der Waals surface area (Å²) in [7, 11) is 0. The maximum absolute atomic E-state index is 13.6. The summed E-state index contributed by atoms with van der Waals surface area (Å²) in [4.78, 5) is 16.3. The fourth-order valence-electron chi connectivity index (χ4n) is 3.03. The van der Waals surface area contributed by atoms with Crippen LogP contribution in [0, 0.1) is 0 Å². The second-order valence-corrected chi connectivity index (χ2v) is 7.86. The summed E-state index contributed by atoms with van der Waals surface area (Å²) in [6.07, 6.45) is -8.29. The molecule has 1 atom stereocenters. The summed E-state index contributed by atoms with van der Waals surface area (Å²) in [6.45, 7) is 0.0766. The third-order valence-electron chi connectivity index (χ3n) is 4.63. The third kappa shape index (κ3) is 6.47. The predicted octanol–water partition coefficient (Wildman–Crippen LogP) is 6.47. The van der Waals surface area contributed by atoms with E-state index < -0.39 is 41.2 Å². The van der Waals surface area contributed by atoms with Crippen molar-refractivity contribution in [1.29, 1.82) is 0 Å². The lowest BCUT2D eigenvalue weighted by atomic mass is 9.98. The third-order valence-corrected chi connectivity index (χ3v) is 5.16. The molecule has 3 aromatic rings. The molecule has 11 heteroatoms. The molecule has 0 unspecified atom stereocenters. The fraction of sp³-hybridized carbons (Fsp3) is 0.182. The highest BCUT2D eigenvalue weighted by Crippen LogP contribution is 2.36. The van der Waals surface area contributed by atoms with E-state index >= 15 is 0 Å². The molecule has 33 heavy (non-hydrogen) atoms. The van der Waals surface area contributed by atoms with E-state index in [0.717, 1.165) is 52.6 Å². The van der Waals surface area contributed by atoms with Crippen LogP contribution < -0.4 is 10.6 Å². The number of rotatable bonds is 5. The van der Waals surface area contributed by atoms with Gasteiger partial charge < -0.3 is 10.6 Å². The van der Waals surface area contributed by atoms with Crippen molar-refractivity contribution in [2.75, 3.05) is 0 Å². The molecule has 0 saturated carbocycles. The number of urea groups is 1. The molecule has 0 aliphatic heterocycles. The number of pyridine rings is 1. The Bertz CT molecular complexity index is 1100. The van der Waals surface area contributed by atoms with Gasteiger partial charge in [-0.25, -0.2) is 4.79 Å². The second-order valence-electron chi connectivity index (χ2n) is 6.94. The number of amides is 2. The van der Waals surface area contributed by atoms with Gasteiger partial charge in [0.2, 0.25) is 0 Å². The Hall–Kier alpha value is -3.08. The summed E-state index contributed by atoms with van der Waals surface area (Å²) in [5.74, 6) is 0. The summed E-state index contributed by atoms with van der Waals surface area (Å²) in [6, 6.07) is 10.1. The van der Waals surface area contributed by atoms with Gasteiger partial charge in [0.25, 0.3) is 0 Å². The lowest BCUT2D eigenvalue weighted by Gasteiger charge is -2.23. The minimum Gasteiger partial charge on any atom is -0.334 e. The predicted molar refractivity (Wildman–Crippen MR) is 112 cm³/mol. The topological polar surface area (TPSA) is 54.0 Å². The molecule has 174 valence electrons. The summed E-state index contributed by atoms with van der Waals surface area (Å²) in [5, 5.41) is 4.93. The number of halogens is 7. The van der Waals surface area contributed by atoms with E-state index in [1.54, 1.807) is 24.3 Å². The van der Waals surface area contributed by atoms with E-state index in [0.29, 0.717) is 0 Å². The first-order valence-electron chi connectivity index (χ1n) is 9.43. The number of hydrogen-bond acceptors (Lipinski definition) is 2. The van der Waals surface area contributed by atoms with Crippen LogP contribution in [-0.4, -0.2) is 11.0 Å². The van der Waals surface area contributed by atoms with Crippen LogP contribution in [0.2, 0.25) is 0 Å². The molecule has 0 saturated heterocycles. The van der Waals surface area contributed by atoms with E-state index in [9.17, 15) is 31.1 Å². The Morgan fingerprint density at radius 1 is 0.909 bits per heavy atom. The Morgan fingerprint density at radius 2 is 1.55 bits per heavy atom. The molecule has 1 aromatic heterocycles. The van der Waals surface area contributed by atoms with Crippen molar-refractivity contribution in [2.45, 2.75) is 24.9 Å². The summed E-state index contributed by atoms with van der Waals surface area (Å²) < 4.78 is 80.3. The highest BCUT2D eigenvalue weighted by molar-refractivity contribution is 9.10. The molecule has 0 bridgehead atoms. The van der Waals surface area contributed by atoms with Gasteiger partial charge in [0.05, 0.1) is 22.9 Å². The minimum absolute atomic E-state index is 0.00555. The average molecular weight is 532 g/mol. The van der Waals surface area contributed by atoms with Crippen LogP contribution in [0.3, 0.4) is 0 Å². The lowest BCUT2D eigenvalue weighted by Crippen LogP contribution is -2.39. The van der Waals surface area contributed by atoms with E-state index in [-0.39, 0.29) is 12.1 Å². The number of carbonyl (C=O) groups is 1. The van der Waals surface area contributed by atoms with Crippen molar-refractivity contribution in [3.63, 3.8) is 0 Å². The SMILES string of the molecule is O=C(NCc1ccc(Br)cc1)N[C@@H](c1ccc(C(F)(F)F)cc1)c1ncccc1C(F)(F)F. The van der Waals surface area contributed by atoms with Crippen LogP contribution in [-0.2, 0) is 18.9 Å². The number of alkyl halides is 6. The molecule has 1 heterocycles. The summed E-state index contributed by atoms with van der Waals surface area (Å²) in [5.41, 5.74) is -1.88. The number of nitrogens with one attached hydrogen (secondary N) is 2. The molecule has 4 nitrogen and oxygen atoms in total. The first-order chi connectivity index (χ1) is 15.4. The number of hydrogen-bond donors (Lipinski definition) is 2. The van der Waals surface area contributed by atoms with Crippen LogP contribution in [0.4, 0.5) is 31.1 Å². The molecule has 0 radical (unpaired) electrons. The monoisotopic (exact) mass is 531 g/mol. The van der Waals surface area contributed by atoms with Crippen molar-refractivity contribution < 1.29 is 31.1 Å². The second kappa shape index (κ2) is 9.82. The zero-order valence-electron chi connectivity index (χ0n) is 16.6. The average Bonchev–Trinajstić information content (AvgIpc) is 2.76. The van der Waals surface area contributed by atoms with E-state index in [1.165, 1.54) is 0 Å². The molecule has 0 fully saturated rings. The van der Waals surface area contributed by atoms with Gasteiger partial charge in [0.1, 0.15) is 0 Å². The normalized spacial score (nSPS) is 12.8. The smallest absolute Gasteiger partial charge is 0.334 e. The van der Waals surface area contributed by atoms with Gasteiger partial charge in [0.15, 0.2) is 0 Å². The zero-order valence-corrected chi connectivity index (χ0v) is 18.2. The Kier molecular flexibility index (Phi) is 7.31.